The molecule has 0 radical (unpaired) electrons. The van der Waals surface area contributed by atoms with Gasteiger partial charge in [0, 0.05) is 12.4 Å². The molecule has 0 aliphatic carbocycles. The van der Waals surface area contributed by atoms with Crippen LogP contribution in [-0.2, 0) is 4.84 Å². The normalized spacial score (nSPS) is 10.7. The molecule has 1 amide bonds. The summed E-state index contributed by atoms with van der Waals surface area (Å²) in [5.74, 6) is 0.533. The van der Waals surface area contributed by atoms with Gasteiger partial charge >= 0.3 is 5.91 Å². The second-order valence-corrected chi connectivity index (χ2v) is 4.39. The second-order valence-electron chi connectivity index (χ2n) is 3.59. The van der Waals surface area contributed by atoms with Gasteiger partial charge in [0.25, 0.3) is 0 Å². The van der Waals surface area contributed by atoms with Gasteiger partial charge in [0.1, 0.15) is 11.3 Å². The Bertz CT molecular complexity index is 593. The summed E-state index contributed by atoms with van der Waals surface area (Å²) in [5.41, 5.74) is 0.607. The van der Waals surface area contributed by atoms with Crippen LogP contribution < -0.4 is 4.74 Å². The zero-order valence-corrected chi connectivity index (χ0v) is 11.8. The zero-order chi connectivity index (χ0) is 13.3. The number of halogens is 1. The monoisotopic (exact) mass is 313 g/mol. The summed E-state index contributed by atoms with van der Waals surface area (Å²) in [4.78, 5) is 16.8. The number of rotatable bonds is 3. The Labute approximate surface area is 112 Å². The van der Waals surface area contributed by atoms with Gasteiger partial charge in [-0.3, -0.25) is 9.63 Å². The van der Waals surface area contributed by atoms with Crippen molar-refractivity contribution in [3.8, 4) is 5.75 Å². The smallest absolute Gasteiger partial charge is 0.314 e. The van der Waals surface area contributed by atoms with Gasteiger partial charge in [0.2, 0.25) is 5.76 Å². The van der Waals surface area contributed by atoms with Gasteiger partial charge in [-0.15, -0.1) is 0 Å². The molecule has 1 heterocycles. The lowest BCUT2D eigenvalue weighted by Crippen LogP contribution is -2.25. The maximum Gasteiger partial charge on any atom is 0.314 e. The Hall–Kier alpha value is -1.53. The summed E-state index contributed by atoms with van der Waals surface area (Å²) in [6.07, 6.45) is 0. The van der Waals surface area contributed by atoms with Crippen LogP contribution in [0.4, 0.5) is 0 Å². The summed E-state index contributed by atoms with van der Waals surface area (Å²) in [7, 11) is 4.51. The minimum atomic E-state index is -0.362. The van der Waals surface area contributed by atoms with Crippen LogP contribution in [0.25, 0.3) is 11.0 Å². The quantitative estimate of drug-likeness (QED) is 0.818. The standard InChI is InChI=1S/C12H12BrNO4/c1-14(17-3)12(15)11-10(13)8-6-7(16-2)4-5-9(8)18-11/h4-6H,1-3H3. The third-order valence-electron chi connectivity index (χ3n) is 2.59. The van der Waals surface area contributed by atoms with Crippen LogP contribution in [0.3, 0.4) is 0 Å². The van der Waals surface area contributed by atoms with E-state index in [4.69, 9.17) is 14.0 Å². The lowest BCUT2D eigenvalue weighted by molar-refractivity contribution is -0.0773. The number of fused-ring (bicyclic) bond motifs is 1. The zero-order valence-electron chi connectivity index (χ0n) is 10.2. The van der Waals surface area contributed by atoms with Crippen molar-refractivity contribution >= 4 is 32.8 Å². The van der Waals surface area contributed by atoms with E-state index in [1.54, 1.807) is 25.3 Å². The molecule has 5 nitrogen and oxygen atoms in total. The average molecular weight is 314 g/mol. The van der Waals surface area contributed by atoms with Crippen LogP contribution in [0.1, 0.15) is 10.6 Å². The van der Waals surface area contributed by atoms with Gasteiger partial charge in [0.15, 0.2) is 0 Å². The Morgan fingerprint density at radius 3 is 2.72 bits per heavy atom. The first-order valence-electron chi connectivity index (χ1n) is 5.16. The van der Waals surface area contributed by atoms with Crippen LogP contribution in [0, 0.1) is 0 Å². The van der Waals surface area contributed by atoms with E-state index >= 15 is 0 Å². The Morgan fingerprint density at radius 1 is 1.39 bits per heavy atom. The van der Waals surface area contributed by atoms with Crippen molar-refractivity contribution in [3.63, 3.8) is 0 Å². The third-order valence-corrected chi connectivity index (χ3v) is 3.38. The molecular formula is C12H12BrNO4. The largest absolute Gasteiger partial charge is 0.497 e. The van der Waals surface area contributed by atoms with Crippen molar-refractivity contribution in [2.24, 2.45) is 0 Å². The minimum absolute atomic E-state index is 0.197. The number of carbonyl (C=O) groups excluding carboxylic acids is 1. The fourth-order valence-corrected chi connectivity index (χ4v) is 2.10. The molecule has 2 rings (SSSR count). The predicted octanol–water partition coefficient (Wildman–Crippen LogP) is 2.84. The van der Waals surface area contributed by atoms with Crippen molar-refractivity contribution < 1.29 is 18.8 Å². The molecular weight excluding hydrogens is 302 g/mol. The molecule has 18 heavy (non-hydrogen) atoms. The topological polar surface area (TPSA) is 51.9 Å². The molecule has 0 atom stereocenters. The second kappa shape index (κ2) is 4.99. The lowest BCUT2D eigenvalue weighted by Gasteiger charge is -2.11. The predicted molar refractivity (Wildman–Crippen MR) is 69.6 cm³/mol. The molecule has 0 unspecified atom stereocenters. The van der Waals surface area contributed by atoms with E-state index in [1.807, 2.05) is 0 Å². The number of hydroxylamine groups is 2. The van der Waals surface area contributed by atoms with Crippen LogP contribution in [-0.4, -0.2) is 32.2 Å². The van der Waals surface area contributed by atoms with E-state index in [1.165, 1.54) is 14.2 Å². The molecule has 0 saturated heterocycles. The highest BCUT2D eigenvalue weighted by atomic mass is 79.9. The number of hydrogen-bond acceptors (Lipinski definition) is 4. The van der Waals surface area contributed by atoms with Gasteiger partial charge in [-0.05, 0) is 34.1 Å². The average Bonchev–Trinajstić information content (AvgIpc) is 2.73. The summed E-state index contributed by atoms with van der Waals surface area (Å²) in [5, 5.41) is 1.88. The number of furan rings is 1. The Kier molecular flexibility index (Phi) is 3.58. The molecule has 0 spiro atoms. The molecule has 96 valence electrons. The van der Waals surface area contributed by atoms with E-state index in [0.717, 1.165) is 10.4 Å². The van der Waals surface area contributed by atoms with Crippen molar-refractivity contribution in [1.29, 1.82) is 0 Å². The minimum Gasteiger partial charge on any atom is -0.497 e. The van der Waals surface area contributed by atoms with Crippen LogP contribution in [0.15, 0.2) is 27.1 Å². The maximum atomic E-state index is 12.0. The fourth-order valence-electron chi connectivity index (χ4n) is 1.54. The Balaban J connectivity index is 2.54. The summed E-state index contributed by atoms with van der Waals surface area (Å²) < 4.78 is 11.2. The highest BCUT2D eigenvalue weighted by Crippen LogP contribution is 2.33. The SMILES string of the molecule is COc1ccc2oc(C(=O)N(C)OC)c(Br)c2c1. The number of hydrogen-bond donors (Lipinski definition) is 0. The van der Waals surface area contributed by atoms with Gasteiger partial charge < -0.3 is 9.15 Å². The van der Waals surface area contributed by atoms with Crippen molar-refractivity contribution in [1.82, 2.24) is 5.06 Å². The maximum absolute atomic E-state index is 12.0. The van der Waals surface area contributed by atoms with Crippen molar-refractivity contribution in [2.45, 2.75) is 0 Å². The summed E-state index contributed by atoms with van der Waals surface area (Å²) >= 11 is 3.36. The van der Waals surface area contributed by atoms with Gasteiger partial charge in [-0.2, -0.15) is 0 Å². The fraction of sp³-hybridized carbons (Fsp3) is 0.250. The molecule has 0 saturated carbocycles. The molecule has 0 fully saturated rings. The molecule has 0 aliphatic heterocycles. The lowest BCUT2D eigenvalue weighted by atomic mass is 10.2. The number of ether oxygens (including phenoxy) is 1. The highest BCUT2D eigenvalue weighted by molar-refractivity contribution is 9.10. The Morgan fingerprint density at radius 2 is 2.11 bits per heavy atom. The highest BCUT2D eigenvalue weighted by Gasteiger charge is 2.22. The van der Waals surface area contributed by atoms with Gasteiger partial charge in [-0.1, -0.05) is 0 Å². The van der Waals surface area contributed by atoms with E-state index in [2.05, 4.69) is 15.9 Å². The van der Waals surface area contributed by atoms with E-state index in [9.17, 15) is 4.79 Å². The summed E-state index contributed by atoms with van der Waals surface area (Å²) in [6.45, 7) is 0. The first-order chi connectivity index (χ1) is 8.58. The number of carbonyl (C=O) groups is 1. The van der Waals surface area contributed by atoms with Crippen LogP contribution in [0.2, 0.25) is 0 Å². The first kappa shape index (κ1) is 12.9. The molecule has 1 aromatic carbocycles. The first-order valence-corrected chi connectivity index (χ1v) is 5.96. The van der Waals surface area contributed by atoms with Crippen molar-refractivity contribution in [2.75, 3.05) is 21.3 Å². The van der Waals surface area contributed by atoms with Crippen LogP contribution >= 0.6 is 15.9 Å². The van der Waals surface area contributed by atoms with E-state index in [0.29, 0.717) is 15.8 Å². The third kappa shape index (κ3) is 2.09. The molecule has 0 bridgehead atoms. The molecule has 0 N–H and O–H groups in total. The number of nitrogens with zero attached hydrogens (tertiary/aromatic N) is 1. The van der Waals surface area contributed by atoms with Gasteiger partial charge in [-0.25, -0.2) is 5.06 Å². The molecule has 6 heteroatoms. The summed E-state index contributed by atoms with van der Waals surface area (Å²) in [6, 6.07) is 5.32. The van der Waals surface area contributed by atoms with Crippen LogP contribution in [0.5, 0.6) is 5.75 Å². The number of methoxy groups -OCH3 is 1. The van der Waals surface area contributed by atoms with Gasteiger partial charge in [0.05, 0.1) is 18.7 Å². The van der Waals surface area contributed by atoms with Crippen molar-refractivity contribution in [3.05, 3.63) is 28.4 Å². The van der Waals surface area contributed by atoms with E-state index in [-0.39, 0.29) is 11.7 Å². The molecule has 2 aromatic rings. The molecule has 0 aliphatic rings. The number of amides is 1. The van der Waals surface area contributed by atoms with E-state index < -0.39 is 0 Å². The molecule has 1 aromatic heterocycles. The number of benzene rings is 1.